The molecule has 1 aromatic rings. The second kappa shape index (κ2) is 7.47. The Morgan fingerprint density at radius 2 is 1.67 bits per heavy atom. The van der Waals surface area contributed by atoms with Crippen LogP contribution in [0.3, 0.4) is 0 Å². The summed E-state index contributed by atoms with van der Waals surface area (Å²) < 4.78 is 6.15. The van der Waals surface area contributed by atoms with Gasteiger partial charge in [-0.2, -0.15) is 0 Å². The van der Waals surface area contributed by atoms with Crippen molar-refractivity contribution >= 4 is 0 Å². The van der Waals surface area contributed by atoms with E-state index in [9.17, 15) is 0 Å². The molecule has 1 rings (SSSR count). The molecule has 1 heteroatoms. The standard InChI is InChI=1S/C23H34O/c1-16(2)11-12-18-13-19(22(5,6)7)14-20(23(8,9)10)21(18)24-15-17(3)4/h13-14,16H,3,15H2,1-2,4-10H3. The smallest absolute Gasteiger partial charge is 0.139 e. The van der Waals surface area contributed by atoms with Crippen molar-refractivity contribution in [3.63, 3.8) is 0 Å². The van der Waals surface area contributed by atoms with Gasteiger partial charge in [0.25, 0.3) is 0 Å². The molecule has 0 saturated heterocycles. The number of hydrogen-bond acceptors (Lipinski definition) is 1. The molecule has 0 fully saturated rings. The summed E-state index contributed by atoms with van der Waals surface area (Å²) in [5, 5.41) is 0. The van der Waals surface area contributed by atoms with Crippen LogP contribution in [0.5, 0.6) is 5.75 Å². The van der Waals surface area contributed by atoms with Gasteiger partial charge >= 0.3 is 0 Å². The minimum Gasteiger partial charge on any atom is -0.488 e. The van der Waals surface area contributed by atoms with Gasteiger partial charge < -0.3 is 4.74 Å². The molecule has 1 nitrogen and oxygen atoms in total. The van der Waals surface area contributed by atoms with Crippen LogP contribution >= 0.6 is 0 Å². The Kier molecular flexibility index (Phi) is 6.34. The number of hydrogen-bond donors (Lipinski definition) is 0. The van der Waals surface area contributed by atoms with E-state index < -0.39 is 0 Å². The molecule has 0 aliphatic carbocycles. The van der Waals surface area contributed by atoms with Gasteiger partial charge in [-0.05, 0) is 35.0 Å². The maximum Gasteiger partial charge on any atom is 0.139 e. The van der Waals surface area contributed by atoms with E-state index in [0.29, 0.717) is 12.5 Å². The zero-order valence-corrected chi connectivity index (χ0v) is 17.1. The molecule has 0 aliphatic rings. The molecular weight excluding hydrogens is 292 g/mol. The molecular formula is C23H34O. The number of rotatable bonds is 3. The molecule has 0 amide bonds. The first kappa shape index (κ1) is 20.4. The lowest BCUT2D eigenvalue weighted by Gasteiger charge is -2.28. The minimum atomic E-state index is -0.0140. The van der Waals surface area contributed by atoms with Gasteiger partial charge in [0.15, 0.2) is 0 Å². The Morgan fingerprint density at radius 3 is 2.08 bits per heavy atom. The largest absolute Gasteiger partial charge is 0.488 e. The first-order valence-electron chi connectivity index (χ1n) is 8.80. The molecule has 0 spiro atoms. The molecule has 0 radical (unpaired) electrons. The lowest BCUT2D eigenvalue weighted by atomic mass is 9.79. The summed E-state index contributed by atoms with van der Waals surface area (Å²) >= 11 is 0. The molecule has 132 valence electrons. The molecule has 0 N–H and O–H groups in total. The summed E-state index contributed by atoms with van der Waals surface area (Å²) in [7, 11) is 0. The Bertz CT molecular complexity index is 652. The lowest BCUT2D eigenvalue weighted by molar-refractivity contribution is 0.340. The second-order valence-electron chi connectivity index (χ2n) is 9.07. The van der Waals surface area contributed by atoms with Crippen LogP contribution in [0, 0.1) is 17.8 Å². The Balaban J connectivity index is 3.66. The highest BCUT2D eigenvalue weighted by Gasteiger charge is 2.25. The fourth-order valence-corrected chi connectivity index (χ4v) is 2.28. The first-order chi connectivity index (χ1) is 10.8. The number of ether oxygens (including phenoxy) is 1. The summed E-state index contributed by atoms with van der Waals surface area (Å²) in [5.74, 6) is 7.89. The quantitative estimate of drug-likeness (QED) is 0.471. The molecule has 0 bridgehead atoms. The Labute approximate surface area is 149 Å². The summed E-state index contributed by atoms with van der Waals surface area (Å²) in [6.45, 7) is 24.1. The predicted octanol–water partition coefficient (Wildman–Crippen LogP) is 6.24. The average Bonchev–Trinajstić information content (AvgIpc) is 2.40. The van der Waals surface area contributed by atoms with Crippen molar-refractivity contribution < 1.29 is 4.74 Å². The third-order valence-corrected chi connectivity index (χ3v) is 3.72. The van der Waals surface area contributed by atoms with Crippen LogP contribution in [-0.2, 0) is 10.8 Å². The highest BCUT2D eigenvalue weighted by molar-refractivity contribution is 5.56. The van der Waals surface area contributed by atoms with Crippen LogP contribution < -0.4 is 4.74 Å². The van der Waals surface area contributed by atoms with Crippen molar-refractivity contribution in [2.45, 2.75) is 73.1 Å². The van der Waals surface area contributed by atoms with Crippen molar-refractivity contribution in [3.8, 4) is 17.6 Å². The summed E-state index contributed by atoms with van der Waals surface area (Å²) in [4.78, 5) is 0. The maximum absolute atomic E-state index is 6.15. The Morgan fingerprint density at radius 1 is 1.08 bits per heavy atom. The zero-order valence-electron chi connectivity index (χ0n) is 17.1. The van der Waals surface area contributed by atoms with Crippen molar-refractivity contribution in [2.75, 3.05) is 6.61 Å². The van der Waals surface area contributed by atoms with Crippen LogP contribution in [0.1, 0.15) is 79.0 Å². The van der Waals surface area contributed by atoms with Gasteiger partial charge in [-0.3, -0.25) is 0 Å². The van der Waals surface area contributed by atoms with E-state index in [2.05, 4.69) is 85.9 Å². The van der Waals surface area contributed by atoms with E-state index in [1.54, 1.807) is 0 Å². The van der Waals surface area contributed by atoms with E-state index >= 15 is 0 Å². The van der Waals surface area contributed by atoms with Gasteiger partial charge in [0, 0.05) is 11.5 Å². The maximum atomic E-state index is 6.15. The lowest BCUT2D eigenvalue weighted by Crippen LogP contribution is -2.19. The highest BCUT2D eigenvalue weighted by atomic mass is 16.5. The van der Waals surface area contributed by atoms with E-state index in [0.717, 1.165) is 16.9 Å². The van der Waals surface area contributed by atoms with Crippen LogP contribution in [0.4, 0.5) is 0 Å². The van der Waals surface area contributed by atoms with Gasteiger partial charge in [0.1, 0.15) is 12.4 Å². The number of benzene rings is 1. The van der Waals surface area contributed by atoms with Gasteiger partial charge in [-0.1, -0.05) is 79.9 Å². The summed E-state index contributed by atoms with van der Waals surface area (Å²) in [5.41, 5.74) is 4.56. The minimum absolute atomic E-state index is 0.0140. The topological polar surface area (TPSA) is 9.23 Å². The molecule has 0 saturated carbocycles. The van der Waals surface area contributed by atoms with Gasteiger partial charge in [0.2, 0.25) is 0 Å². The van der Waals surface area contributed by atoms with Crippen LogP contribution in [0.2, 0.25) is 0 Å². The molecule has 0 aliphatic heterocycles. The van der Waals surface area contributed by atoms with E-state index in [1.807, 2.05) is 6.92 Å². The van der Waals surface area contributed by atoms with Crippen LogP contribution in [0.25, 0.3) is 0 Å². The third-order valence-electron chi connectivity index (χ3n) is 3.72. The van der Waals surface area contributed by atoms with E-state index in [4.69, 9.17) is 4.74 Å². The van der Waals surface area contributed by atoms with Crippen molar-refractivity contribution in [2.24, 2.45) is 5.92 Å². The van der Waals surface area contributed by atoms with Crippen molar-refractivity contribution in [3.05, 3.63) is 41.0 Å². The molecule has 1 aromatic carbocycles. The van der Waals surface area contributed by atoms with Gasteiger partial charge in [-0.15, -0.1) is 0 Å². The molecule has 24 heavy (non-hydrogen) atoms. The van der Waals surface area contributed by atoms with Crippen LogP contribution in [0.15, 0.2) is 24.3 Å². The summed E-state index contributed by atoms with van der Waals surface area (Å²) in [6, 6.07) is 4.48. The molecule has 0 atom stereocenters. The fourth-order valence-electron chi connectivity index (χ4n) is 2.28. The van der Waals surface area contributed by atoms with E-state index in [1.165, 1.54) is 11.1 Å². The molecule has 0 aromatic heterocycles. The highest BCUT2D eigenvalue weighted by Crippen LogP contribution is 2.38. The van der Waals surface area contributed by atoms with E-state index in [-0.39, 0.29) is 10.8 Å². The zero-order chi connectivity index (χ0) is 18.7. The monoisotopic (exact) mass is 326 g/mol. The summed E-state index contributed by atoms with van der Waals surface area (Å²) in [6.07, 6.45) is 0. The van der Waals surface area contributed by atoms with Gasteiger partial charge in [-0.25, -0.2) is 0 Å². The third kappa shape index (κ3) is 5.75. The van der Waals surface area contributed by atoms with Crippen LogP contribution in [-0.4, -0.2) is 6.61 Å². The fraction of sp³-hybridized carbons (Fsp3) is 0.565. The molecule has 0 heterocycles. The average molecular weight is 327 g/mol. The van der Waals surface area contributed by atoms with Gasteiger partial charge in [0.05, 0.1) is 5.56 Å². The second-order valence-corrected chi connectivity index (χ2v) is 9.07. The first-order valence-corrected chi connectivity index (χ1v) is 8.80. The SMILES string of the molecule is C=C(C)COc1c(C#CC(C)C)cc(C(C)(C)C)cc1C(C)(C)C. The Hall–Kier alpha value is -1.68. The van der Waals surface area contributed by atoms with Crippen molar-refractivity contribution in [1.29, 1.82) is 0 Å². The van der Waals surface area contributed by atoms with Crippen molar-refractivity contribution in [1.82, 2.24) is 0 Å². The predicted molar refractivity (Wildman–Crippen MR) is 106 cm³/mol. The molecule has 0 unspecified atom stereocenters. The normalized spacial score (nSPS) is 11.9.